The summed E-state index contributed by atoms with van der Waals surface area (Å²) in [6, 6.07) is 9.39. The molecule has 0 bridgehead atoms. The molecule has 2 N–H and O–H groups in total. The topological polar surface area (TPSA) is 93.7 Å². The molecule has 0 atom stereocenters. The van der Waals surface area contributed by atoms with Crippen molar-refractivity contribution in [3.8, 4) is 11.5 Å². The molecule has 0 unspecified atom stereocenters. The monoisotopic (exact) mass is 428 g/mol. The van der Waals surface area contributed by atoms with Crippen LogP contribution in [0.25, 0.3) is 0 Å². The van der Waals surface area contributed by atoms with E-state index < -0.39 is 15.9 Å². The number of carbonyl (C=O) groups is 1. The van der Waals surface area contributed by atoms with Gasteiger partial charge in [0.15, 0.2) is 0 Å². The molecule has 9 heteroatoms. The van der Waals surface area contributed by atoms with Gasteiger partial charge in [0.2, 0.25) is 0 Å². The Kier molecular flexibility index (Phi) is 6.04. The minimum atomic E-state index is -3.92. The molecule has 0 aliphatic carbocycles. The molecule has 0 fully saturated rings. The summed E-state index contributed by atoms with van der Waals surface area (Å²) in [6.07, 6.45) is 0. The zero-order chi connectivity index (χ0) is 18.6. The van der Waals surface area contributed by atoms with E-state index in [0.29, 0.717) is 21.5 Å². The first-order chi connectivity index (χ1) is 11.8. The van der Waals surface area contributed by atoms with Gasteiger partial charge >= 0.3 is 0 Å². The average Bonchev–Trinajstić information content (AvgIpc) is 2.61. The highest BCUT2D eigenvalue weighted by Crippen LogP contribution is 2.23. The third-order valence-corrected chi connectivity index (χ3v) is 5.24. The largest absolute Gasteiger partial charge is 0.497 e. The minimum absolute atomic E-state index is 0.0606. The molecular weight excluding hydrogens is 412 g/mol. The summed E-state index contributed by atoms with van der Waals surface area (Å²) < 4.78 is 35.6. The van der Waals surface area contributed by atoms with Crippen molar-refractivity contribution >= 4 is 31.9 Å². The van der Waals surface area contributed by atoms with E-state index in [1.165, 1.54) is 32.4 Å². The van der Waals surface area contributed by atoms with Crippen LogP contribution in [0.4, 0.5) is 0 Å². The Hall–Kier alpha value is -2.10. The maximum Gasteiger partial charge on any atom is 0.266 e. The number of methoxy groups -OCH3 is 2. The van der Waals surface area contributed by atoms with Crippen molar-refractivity contribution in [3.63, 3.8) is 0 Å². The first-order valence-electron chi connectivity index (χ1n) is 7.08. The van der Waals surface area contributed by atoms with Crippen molar-refractivity contribution in [2.75, 3.05) is 14.2 Å². The van der Waals surface area contributed by atoms with Crippen LogP contribution < -0.4 is 19.7 Å². The van der Waals surface area contributed by atoms with Crippen LogP contribution in [0, 0.1) is 6.92 Å². The van der Waals surface area contributed by atoms with Gasteiger partial charge in [-0.05, 0) is 36.8 Å². The summed E-state index contributed by atoms with van der Waals surface area (Å²) in [5, 5.41) is 0. The third kappa shape index (κ3) is 4.71. The Bertz CT molecular complexity index is 877. The SMILES string of the molecule is COc1cc(OC)cc(C(=O)NNS(=O)(=O)c2cc(Br)ccc2C)c1. The van der Waals surface area contributed by atoms with E-state index in [1.807, 2.05) is 0 Å². The predicted molar refractivity (Wildman–Crippen MR) is 96.2 cm³/mol. The number of halogens is 1. The second kappa shape index (κ2) is 7.85. The fourth-order valence-corrected chi connectivity index (χ4v) is 3.67. The van der Waals surface area contributed by atoms with Gasteiger partial charge in [-0.3, -0.25) is 10.2 Å². The molecule has 0 spiro atoms. The first kappa shape index (κ1) is 19.2. The summed E-state index contributed by atoms with van der Waals surface area (Å²) in [7, 11) is -1.02. The fourth-order valence-electron chi connectivity index (χ4n) is 2.04. The van der Waals surface area contributed by atoms with Crippen LogP contribution in [-0.2, 0) is 10.0 Å². The molecule has 2 rings (SSSR count). The van der Waals surface area contributed by atoms with Crippen LogP contribution in [-0.4, -0.2) is 28.5 Å². The number of hydrazine groups is 1. The van der Waals surface area contributed by atoms with Crippen molar-refractivity contribution < 1.29 is 22.7 Å². The van der Waals surface area contributed by atoms with Crippen LogP contribution in [0.1, 0.15) is 15.9 Å². The van der Waals surface area contributed by atoms with Crippen LogP contribution >= 0.6 is 15.9 Å². The molecule has 25 heavy (non-hydrogen) atoms. The molecule has 2 aromatic carbocycles. The van der Waals surface area contributed by atoms with Crippen molar-refractivity contribution in [1.29, 1.82) is 0 Å². The normalized spacial score (nSPS) is 11.0. The average molecular weight is 429 g/mol. The van der Waals surface area contributed by atoms with Crippen LogP contribution in [0.3, 0.4) is 0 Å². The van der Waals surface area contributed by atoms with E-state index in [2.05, 4.69) is 26.2 Å². The molecule has 0 saturated heterocycles. The molecule has 134 valence electrons. The Labute approximate surface area is 154 Å². The summed E-state index contributed by atoms with van der Waals surface area (Å²) in [6.45, 7) is 1.66. The van der Waals surface area contributed by atoms with E-state index in [1.54, 1.807) is 25.1 Å². The van der Waals surface area contributed by atoms with Crippen molar-refractivity contribution in [2.24, 2.45) is 0 Å². The second-order valence-electron chi connectivity index (χ2n) is 5.07. The highest BCUT2D eigenvalue weighted by Gasteiger charge is 2.19. The van der Waals surface area contributed by atoms with Crippen LogP contribution in [0.15, 0.2) is 45.8 Å². The molecule has 0 heterocycles. The summed E-state index contributed by atoms with van der Waals surface area (Å²) in [5.41, 5.74) is 2.92. The maximum atomic E-state index is 12.4. The number of rotatable bonds is 6. The molecule has 0 aliphatic heterocycles. The number of amides is 1. The third-order valence-electron chi connectivity index (χ3n) is 3.35. The van der Waals surface area contributed by atoms with Crippen molar-refractivity contribution in [1.82, 2.24) is 10.3 Å². The van der Waals surface area contributed by atoms with Gasteiger partial charge in [0.1, 0.15) is 11.5 Å². The number of benzene rings is 2. The lowest BCUT2D eigenvalue weighted by molar-refractivity contribution is 0.0944. The summed E-state index contributed by atoms with van der Waals surface area (Å²) >= 11 is 3.23. The van der Waals surface area contributed by atoms with E-state index in [-0.39, 0.29) is 10.5 Å². The zero-order valence-electron chi connectivity index (χ0n) is 13.8. The minimum Gasteiger partial charge on any atom is -0.497 e. The molecule has 7 nitrogen and oxygen atoms in total. The van der Waals surface area contributed by atoms with Gasteiger partial charge < -0.3 is 9.47 Å². The molecule has 2 aromatic rings. The summed E-state index contributed by atoms with van der Waals surface area (Å²) in [5.74, 6) is 0.179. The van der Waals surface area contributed by atoms with Gasteiger partial charge in [-0.2, -0.15) is 0 Å². The first-order valence-corrected chi connectivity index (χ1v) is 9.36. The molecule has 0 aromatic heterocycles. The lowest BCUT2D eigenvalue weighted by Gasteiger charge is -2.12. The van der Waals surface area contributed by atoms with E-state index in [4.69, 9.17) is 9.47 Å². The van der Waals surface area contributed by atoms with Gasteiger partial charge in [0.05, 0.1) is 19.1 Å². The van der Waals surface area contributed by atoms with Gasteiger partial charge in [-0.25, -0.2) is 8.42 Å². The Balaban J connectivity index is 2.20. The number of hydrogen-bond donors (Lipinski definition) is 2. The number of nitrogens with one attached hydrogen (secondary N) is 2. The Morgan fingerprint density at radius 3 is 2.20 bits per heavy atom. The van der Waals surface area contributed by atoms with Crippen LogP contribution in [0.5, 0.6) is 11.5 Å². The highest BCUT2D eigenvalue weighted by molar-refractivity contribution is 9.10. The fraction of sp³-hybridized carbons (Fsp3) is 0.188. The number of aryl methyl sites for hydroxylation is 1. The Morgan fingerprint density at radius 2 is 1.64 bits per heavy atom. The van der Waals surface area contributed by atoms with Crippen molar-refractivity contribution in [2.45, 2.75) is 11.8 Å². The van der Waals surface area contributed by atoms with Crippen LogP contribution in [0.2, 0.25) is 0 Å². The number of carbonyl (C=O) groups excluding carboxylic acids is 1. The highest BCUT2D eigenvalue weighted by atomic mass is 79.9. The van der Waals surface area contributed by atoms with Crippen molar-refractivity contribution in [3.05, 3.63) is 52.0 Å². The standard InChI is InChI=1S/C16H17BrN2O5S/c1-10-4-5-12(17)8-15(10)25(21,22)19-18-16(20)11-6-13(23-2)9-14(7-11)24-3/h4-9,19H,1-3H3,(H,18,20). The number of hydrogen-bond acceptors (Lipinski definition) is 5. The summed E-state index contributed by atoms with van der Waals surface area (Å²) in [4.78, 5) is 14.4. The van der Waals surface area contributed by atoms with E-state index in [9.17, 15) is 13.2 Å². The zero-order valence-corrected chi connectivity index (χ0v) is 16.2. The number of ether oxygens (including phenoxy) is 2. The molecule has 0 aliphatic rings. The molecule has 1 amide bonds. The Morgan fingerprint density at radius 1 is 1.04 bits per heavy atom. The smallest absolute Gasteiger partial charge is 0.266 e. The van der Waals surface area contributed by atoms with Gasteiger partial charge in [-0.15, -0.1) is 4.83 Å². The van der Waals surface area contributed by atoms with Gasteiger partial charge in [-0.1, -0.05) is 22.0 Å². The van der Waals surface area contributed by atoms with Gasteiger partial charge in [0, 0.05) is 16.1 Å². The molecule has 0 saturated carbocycles. The second-order valence-corrected chi connectivity index (χ2v) is 7.64. The predicted octanol–water partition coefficient (Wildman–Crippen LogP) is 2.40. The maximum absolute atomic E-state index is 12.4. The number of sulfonamides is 1. The van der Waals surface area contributed by atoms with Gasteiger partial charge in [0.25, 0.3) is 15.9 Å². The lowest BCUT2D eigenvalue weighted by atomic mass is 10.2. The van der Waals surface area contributed by atoms with E-state index in [0.717, 1.165) is 0 Å². The quantitative estimate of drug-likeness (QED) is 0.688. The van der Waals surface area contributed by atoms with E-state index >= 15 is 0 Å². The lowest BCUT2D eigenvalue weighted by Crippen LogP contribution is -2.41. The molecular formula is C16H17BrN2O5S. The molecule has 0 radical (unpaired) electrons.